The fourth-order valence-electron chi connectivity index (χ4n) is 2.44. The standard InChI is InChI=1S/C18H16N4O3/c1-12-4-6-15(10-13(12)2)20-18(23)14-5-7-16(17(11-14)22(24)25)21-9-3-8-19-21/h3-11H,1-2H3,(H,20,23). The molecule has 0 aliphatic heterocycles. The molecule has 126 valence electrons. The molecule has 0 atom stereocenters. The van der Waals surface area contributed by atoms with Gasteiger partial charge in [0.15, 0.2) is 0 Å². The first-order chi connectivity index (χ1) is 12.0. The molecule has 0 saturated heterocycles. The summed E-state index contributed by atoms with van der Waals surface area (Å²) < 4.78 is 1.39. The highest BCUT2D eigenvalue weighted by atomic mass is 16.6. The van der Waals surface area contributed by atoms with E-state index in [4.69, 9.17) is 0 Å². The molecule has 7 nitrogen and oxygen atoms in total. The van der Waals surface area contributed by atoms with Crippen LogP contribution in [0.5, 0.6) is 0 Å². The van der Waals surface area contributed by atoms with Gasteiger partial charge in [-0.1, -0.05) is 6.07 Å². The average molecular weight is 336 g/mol. The molecule has 7 heteroatoms. The highest BCUT2D eigenvalue weighted by molar-refractivity contribution is 6.05. The van der Waals surface area contributed by atoms with E-state index in [2.05, 4.69) is 10.4 Å². The number of anilines is 1. The molecular weight excluding hydrogens is 320 g/mol. The van der Waals surface area contributed by atoms with Crippen molar-refractivity contribution in [3.05, 3.63) is 81.7 Å². The third-order valence-corrected chi connectivity index (χ3v) is 3.95. The van der Waals surface area contributed by atoms with Gasteiger partial charge in [0.1, 0.15) is 5.69 Å². The first-order valence-electron chi connectivity index (χ1n) is 7.63. The van der Waals surface area contributed by atoms with Crippen LogP contribution >= 0.6 is 0 Å². The number of carbonyl (C=O) groups excluding carboxylic acids is 1. The lowest BCUT2D eigenvalue weighted by atomic mass is 10.1. The van der Waals surface area contributed by atoms with Crippen LogP contribution in [0, 0.1) is 24.0 Å². The number of rotatable bonds is 4. The van der Waals surface area contributed by atoms with Gasteiger partial charge in [-0.15, -0.1) is 0 Å². The van der Waals surface area contributed by atoms with Crippen LogP contribution in [0.1, 0.15) is 21.5 Å². The smallest absolute Gasteiger partial charge is 0.295 e. The lowest BCUT2D eigenvalue weighted by Crippen LogP contribution is -2.13. The molecular formula is C18H16N4O3. The number of nitro benzene ring substituents is 1. The van der Waals surface area contributed by atoms with E-state index in [1.54, 1.807) is 24.4 Å². The van der Waals surface area contributed by atoms with Crippen molar-refractivity contribution in [2.24, 2.45) is 0 Å². The zero-order valence-electron chi connectivity index (χ0n) is 13.8. The Balaban J connectivity index is 1.91. The zero-order chi connectivity index (χ0) is 18.0. The monoisotopic (exact) mass is 336 g/mol. The molecule has 25 heavy (non-hydrogen) atoms. The van der Waals surface area contributed by atoms with Crippen molar-refractivity contribution in [2.45, 2.75) is 13.8 Å². The SMILES string of the molecule is Cc1ccc(NC(=O)c2ccc(-n3cccn3)c([N+](=O)[O-])c2)cc1C. The van der Waals surface area contributed by atoms with E-state index in [0.717, 1.165) is 11.1 Å². The van der Waals surface area contributed by atoms with E-state index in [9.17, 15) is 14.9 Å². The minimum absolute atomic E-state index is 0.184. The lowest BCUT2D eigenvalue weighted by Gasteiger charge is -2.09. The van der Waals surface area contributed by atoms with Gasteiger partial charge in [-0.2, -0.15) is 5.10 Å². The van der Waals surface area contributed by atoms with Gasteiger partial charge in [0.2, 0.25) is 0 Å². The van der Waals surface area contributed by atoms with Gasteiger partial charge in [-0.05, 0) is 55.3 Å². The number of hydrogen-bond donors (Lipinski definition) is 1. The summed E-state index contributed by atoms with van der Waals surface area (Å²) in [4.78, 5) is 23.3. The second-order valence-electron chi connectivity index (χ2n) is 5.66. The molecule has 0 radical (unpaired) electrons. The minimum atomic E-state index is -0.524. The number of carbonyl (C=O) groups is 1. The summed E-state index contributed by atoms with van der Waals surface area (Å²) >= 11 is 0. The van der Waals surface area contributed by atoms with Crippen LogP contribution in [0.2, 0.25) is 0 Å². The number of aromatic nitrogens is 2. The molecule has 2 aromatic carbocycles. The number of aryl methyl sites for hydroxylation is 2. The highest BCUT2D eigenvalue weighted by Gasteiger charge is 2.19. The molecule has 0 unspecified atom stereocenters. The summed E-state index contributed by atoms with van der Waals surface area (Å²) in [5, 5.41) is 18.1. The Morgan fingerprint density at radius 1 is 1.16 bits per heavy atom. The third kappa shape index (κ3) is 3.40. The van der Waals surface area contributed by atoms with Gasteiger partial charge in [0, 0.05) is 29.7 Å². The summed E-state index contributed by atoms with van der Waals surface area (Å²) in [5.41, 5.74) is 3.15. The fraction of sp³-hybridized carbons (Fsp3) is 0.111. The maximum atomic E-state index is 12.4. The number of benzene rings is 2. The second kappa shape index (κ2) is 6.56. The van der Waals surface area contributed by atoms with Gasteiger partial charge in [0.25, 0.3) is 11.6 Å². The first-order valence-corrected chi connectivity index (χ1v) is 7.63. The topological polar surface area (TPSA) is 90.1 Å². The maximum absolute atomic E-state index is 12.4. The molecule has 1 amide bonds. The van der Waals surface area contributed by atoms with Crippen LogP contribution in [0.4, 0.5) is 11.4 Å². The Hall–Kier alpha value is -3.48. The average Bonchev–Trinajstić information content (AvgIpc) is 3.12. The Kier molecular flexibility index (Phi) is 4.30. The van der Waals surface area contributed by atoms with Crippen molar-refractivity contribution in [1.29, 1.82) is 0 Å². The molecule has 1 N–H and O–H groups in total. The van der Waals surface area contributed by atoms with Crippen molar-refractivity contribution >= 4 is 17.3 Å². The van der Waals surface area contributed by atoms with Crippen LogP contribution in [0.3, 0.4) is 0 Å². The summed E-state index contributed by atoms with van der Waals surface area (Å²) in [6.45, 7) is 3.94. The van der Waals surface area contributed by atoms with Crippen molar-refractivity contribution < 1.29 is 9.72 Å². The summed E-state index contributed by atoms with van der Waals surface area (Å²) in [7, 11) is 0. The Morgan fingerprint density at radius 2 is 1.96 bits per heavy atom. The predicted octanol–water partition coefficient (Wildman–Crippen LogP) is 3.65. The van der Waals surface area contributed by atoms with Crippen LogP contribution < -0.4 is 5.32 Å². The molecule has 3 aromatic rings. The van der Waals surface area contributed by atoms with Crippen LogP contribution in [-0.2, 0) is 0 Å². The third-order valence-electron chi connectivity index (χ3n) is 3.95. The van der Waals surface area contributed by atoms with Crippen LogP contribution in [0.15, 0.2) is 54.9 Å². The first kappa shape index (κ1) is 16.4. The lowest BCUT2D eigenvalue weighted by molar-refractivity contribution is -0.384. The highest BCUT2D eigenvalue weighted by Crippen LogP contribution is 2.24. The van der Waals surface area contributed by atoms with Crippen LogP contribution in [-0.4, -0.2) is 20.6 Å². The van der Waals surface area contributed by atoms with Gasteiger partial charge >= 0.3 is 0 Å². The molecule has 3 rings (SSSR count). The largest absolute Gasteiger partial charge is 0.322 e. The van der Waals surface area contributed by atoms with Gasteiger partial charge in [-0.25, -0.2) is 4.68 Å². The fourth-order valence-corrected chi connectivity index (χ4v) is 2.44. The molecule has 0 aliphatic carbocycles. The number of hydrogen-bond acceptors (Lipinski definition) is 4. The molecule has 1 aromatic heterocycles. The quantitative estimate of drug-likeness (QED) is 0.581. The molecule has 0 fully saturated rings. The van der Waals surface area contributed by atoms with E-state index in [-0.39, 0.29) is 11.3 Å². The molecule has 0 spiro atoms. The van der Waals surface area contributed by atoms with E-state index >= 15 is 0 Å². The zero-order valence-corrected chi connectivity index (χ0v) is 13.8. The second-order valence-corrected chi connectivity index (χ2v) is 5.66. The summed E-state index contributed by atoms with van der Waals surface area (Å²) in [6.07, 6.45) is 3.14. The molecule has 1 heterocycles. The van der Waals surface area contributed by atoms with E-state index in [1.165, 1.54) is 23.0 Å². The maximum Gasteiger partial charge on any atom is 0.295 e. The van der Waals surface area contributed by atoms with Gasteiger partial charge < -0.3 is 5.32 Å². The Bertz CT molecular complexity index is 949. The van der Waals surface area contributed by atoms with Crippen molar-refractivity contribution in [3.63, 3.8) is 0 Å². The molecule has 0 saturated carbocycles. The van der Waals surface area contributed by atoms with Crippen molar-refractivity contribution in [2.75, 3.05) is 5.32 Å². The van der Waals surface area contributed by atoms with E-state index in [0.29, 0.717) is 11.4 Å². The molecule has 0 aliphatic rings. The Morgan fingerprint density at radius 3 is 2.60 bits per heavy atom. The van der Waals surface area contributed by atoms with E-state index < -0.39 is 10.8 Å². The van der Waals surface area contributed by atoms with Crippen LogP contribution in [0.25, 0.3) is 5.69 Å². The molecule has 0 bridgehead atoms. The van der Waals surface area contributed by atoms with Gasteiger partial charge in [-0.3, -0.25) is 14.9 Å². The summed E-state index contributed by atoms with van der Waals surface area (Å²) in [5.74, 6) is -0.404. The summed E-state index contributed by atoms with van der Waals surface area (Å²) in [6, 6.07) is 11.6. The predicted molar refractivity (Wildman–Crippen MR) is 94.1 cm³/mol. The number of nitrogens with zero attached hydrogens (tertiary/aromatic N) is 3. The van der Waals surface area contributed by atoms with Crippen molar-refractivity contribution in [1.82, 2.24) is 9.78 Å². The number of nitrogens with one attached hydrogen (secondary N) is 1. The van der Waals surface area contributed by atoms with Crippen molar-refractivity contribution in [3.8, 4) is 5.69 Å². The minimum Gasteiger partial charge on any atom is -0.322 e. The van der Waals surface area contributed by atoms with Gasteiger partial charge in [0.05, 0.1) is 4.92 Å². The number of nitro groups is 1. The normalized spacial score (nSPS) is 10.5. The Labute approximate surface area is 144 Å². The number of amides is 1. The van der Waals surface area contributed by atoms with E-state index in [1.807, 2.05) is 26.0 Å².